The third-order valence-electron chi connectivity index (χ3n) is 2.27. The van der Waals surface area contributed by atoms with E-state index in [-0.39, 0.29) is 5.91 Å². The van der Waals surface area contributed by atoms with Crippen molar-refractivity contribution in [3.63, 3.8) is 0 Å². The standard InChI is InChI=1S/C12H11NO3S/c1-7(14)13-11-10(12(15)16-2)8-5-3-4-6-9(8)17-11/h3-6H,1-2H3,(H,13,14). The lowest BCUT2D eigenvalue weighted by molar-refractivity contribution is -0.114. The molecule has 2 rings (SSSR count). The topological polar surface area (TPSA) is 55.4 Å². The fourth-order valence-corrected chi connectivity index (χ4v) is 2.73. The van der Waals surface area contributed by atoms with Crippen LogP contribution in [0.5, 0.6) is 0 Å². The number of thiophene rings is 1. The number of fused-ring (bicyclic) bond motifs is 1. The van der Waals surface area contributed by atoms with Gasteiger partial charge in [-0.1, -0.05) is 18.2 Å². The molecule has 1 heterocycles. The fraction of sp³-hybridized carbons (Fsp3) is 0.167. The number of anilines is 1. The Morgan fingerprint density at radius 3 is 2.65 bits per heavy atom. The summed E-state index contributed by atoms with van der Waals surface area (Å²) in [6, 6.07) is 7.47. The first-order valence-electron chi connectivity index (χ1n) is 5.01. The van der Waals surface area contributed by atoms with Crippen LogP contribution < -0.4 is 5.32 Å². The highest BCUT2D eigenvalue weighted by atomic mass is 32.1. The van der Waals surface area contributed by atoms with Crippen LogP contribution in [0.3, 0.4) is 0 Å². The average Bonchev–Trinajstić information content (AvgIpc) is 2.65. The van der Waals surface area contributed by atoms with E-state index in [1.165, 1.54) is 25.4 Å². The smallest absolute Gasteiger partial charge is 0.341 e. The van der Waals surface area contributed by atoms with Crippen LogP contribution in [-0.4, -0.2) is 19.0 Å². The van der Waals surface area contributed by atoms with Crippen molar-refractivity contribution in [3.05, 3.63) is 29.8 Å². The van der Waals surface area contributed by atoms with Gasteiger partial charge in [0, 0.05) is 17.0 Å². The van der Waals surface area contributed by atoms with Gasteiger partial charge in [0.15, 0.2) is 0 Å². The van der Waals surface area contributed by atoms with Gasteiger partial charge in [0.1, 0.15) is 10.6 Å². The van der Waals surface area contributed by atoms with E-state index >= 15 is 0 Å². The minimum absolute atomic E-state index is 0.207. The van der Waals surface area contributed by atoms with E-state index in [9.17, 15) is 9.59 Å². The molecular weight excluding hydrogens is 238 g/mol. The van der Waals surface area contributed by atoms with Crippen LogP contribution in [-0.2, 0) is 9.53 Å². The van der Waals surface area contributed by atoms with E-state index < -0.39 is 5.97 Å². The Bertz CT molecular complexity index is 588. The normalized spacial score (nSPS) is 10.2. The van der Waals surface area contributed by atoms with Crippen molar-refractivity contribution in [2.24, 2.45) is 0 Å². The van der Waals surface area contributed by atoms with Gasteiger partial charge in [-0.3, -0.25) is 4.79 Å². The van der Waals surface area contributed by atoms with Gasteiger partial charge in [0.05, 0.1) is 7.11 Å². The lowest BCUT2D eigenvalue weighted by Crippen LogP contribution is -2.09. The van der Waals surface area contributed by atoms with E-state index in [0.717, 1.165) is 10.1 Å². The van der Waals surface area contributed by atoms with Gasteiger partial charge in [-0.2, -0.15) is 0 Å². The van der Waals surface area contributed by atoms with Gasteiger partial charge in [-0.25, -0.2) is 4.79 Å². The molecule has 88 valence electrons. The Morgan fingerprint density at radius 2 is 2.00 bits per heavy atom. The molecular formula is C12H11NO3S. The first-order valence-corrected chi connectivity index (χ1v) is 5.82. The molecule has 1 amide bonds. The molecule has 17 heavy (non-hydrogen) atoms. The minimum Gasteiger partial charge on any atom is -0.465 e. The fourth-order valence-electron chi connectivity index (χ4n) is 1.60. The number of carbonyl (C=O) groups is 2. The van der Waals surface area contributed by atoms with Crippen LogP contribution in [0.4, 0.5) is 5.00 Å². The lowest BCUT2D eigenvalue weighted by Gasteiger charge is -2.02. The van der Waals surface area contributed by atoms with Crippen molar-refractivity contribution in [2.45, 2.75) is 6.92 Å². The Balaban J connectivity index is 2.64. The van der Waals surface area contributed by atoms with Gasteiger partial charge in [0.2, 0.25) is 5.91 Å². The second-order valence-electron chi connectivity index (χ2n) is 3.48. The molecule has 0 spiro atoms. The SMILES string of the molecule is COC(=O)c1c(NC(C)=O)sc2ccccc12. The number of hydrogen-bond acceptors (Lipinski definition) is 4. The summed E-state index contributed by atoms with van der Waals surface area (Å²) < 4.78 is 5.68. The number of rotatable bonds is 2. The van der Waals surface area contributed by atoms with Crippen LogP contribution in [0.1, 0.15) is 17.3 Å². The van der Waals surface area contributed by atoms with Gasteiger partial charge in [-0.15, -0.1) is 11.3 Å². The zero-order chi connectivity index (χ0) is 12.4. The number of ether oxygens (including phenoxy) is 1. The van der Waals surface area contributed by atoms with Crippen molar-refractivity contribution in [1.29, 1.82) is 0 Å². The van der Waals surface area contributed by atoms with E-state index in [0.29, 0.717) is 10.6 Å². The minimum atomic E-state index is -0.439. The maximum absolute atomic E-state index is 11.7. The molecule has 0 radical (unpaired) electrons. The second kappa shape index (κ2) is 4.55. The number of methoxy groups -OCH3 is 1. The molecule has 4 nitrogen and oxygen atoms in total. The van der Waals surface area contributed by atoms with Crippen molar-refractivity contribution >= 4 is 38.3 Å². The Kier molecular flexibility index (Phi) is 3.10. The highest BCUT2D eigenvalue weighted by Gasteiger charge is 2.19. The number of amides is 1. The molecule has 0 aliphatic heterocycles. The van der Waals surface area contributed by atoms with Gasteiger partial charge >= 0.3 is 5.97 Å². The summed E-state index contributed by atoms with van der Waals surface area (Å²) >= 11 is 1.36. The van der Waals surface area contributed by atoms with Crippen LogP contribution in [0.15, 0.2) is 24.3 Å². The third-order valence-corrected chi connectivity index (χ3v) is 3.36. The molecule has 0 saturated heterocycles. The van der Waals surface area contributed by atoms with Crippen molar-refractivity contribution in [1.82, 2.24) is 0 Å². The molecule has 0 unspecified atom stereocenters. The zero-order valence-electron chi connectivity index (χ0n) is 9.44. The largest absolute Gasteiger partial charge is 0.465 e. The maximum Gasteiger partial charge on any atom is 0.341 e. The summed E-state index contributed by atoms with van der Waals surface area (Å²) in [5.74, 6) is -0.645. The number of hydrogen-bond donors (Lipinski definition) is 1. The molecule has 0 atom stereocenters. The lowest BCUT2D eigenvalue weighted by atomic mass is 10.1. The first-order chi connectivity index (χ1) is 8.13. The summed E-state index contributed by atoms with van der Waals surface area (Å²) in [7, 11) is 1.33. The Labute approximate surface area is 102 Å². The van der Waals surface area contributed by atoms with E-state index in [2.05, 4.69) is 5.32 Å². The predicted molar refractivity (Wildman–Crippen MR) is 67.5 cm³/mol. The van der Waals surface area contributed by atoms with Gasteiger partial charge in [-0.05, 0) is 6.07 Å². The zero-order valence-corrected chi connectivity index (χ0v) is 10.3. The molecule has 0 fully saturated rings. The van der Waals surface area contributed by atoms with Gasteiger partial charge < -0.3 is 10.1 Å². The average molecular weight is 249 g/mol. The molecule has 1 N–H and O–H groups in total. The molecule has 0 aliphatic rings. The third kappa shape index (κ3) is 2.14. The highest BCUT2D eigenvalue weighted by Crippen LogP contribution is 2.35. The van der Waals surface area contributed by atoms with E-state index in [4.69, 9.17) is 4.74 Å². The van der Waals surface area contributed by atoms with Crippen molar-refractivity contribution in [2.75, 3.05) is 12.4 Å². The predicted octanol–water partition coefficient (Wildman–Crippen LogP) is 2.65. The molecule has 1 aromatic heterocycles. The monoisotopic (exact) mass is 249 g/mol. The Morgan fingerprint density at radius 1 is 1.29 bits per heavy atom. The summed E-state index contributed by atoms with van der Waals surface area (Å²) in [5, 5.41) is 3.99. The molecule has 1 aromatic carbocycles. The number of benzene rings is 1. The number of carbonyl (C=O) groups excluding carboxylic acids is 2. The van der Waals surface area contributed by atoms with Crippen LogP contribution in [0.25, 0.3) is 10.1 Å². The van der Waals surface area contributed by atoms with Crippen LogP contribution in [0.2, 0.25) is 0 Å². The maximum atomic E-state index is 11.7. The number of nitrogens with one attached hydrogen (secondary N) is 1. The molecule has 0 saturated carbocycles. The van der Waals surface area contributed by atoms with Crippen LogP contribution in [0, 0.1) is 0 Å². The van der Waals surface area contributed by atoms with Crippen molar-refractivity contribution < 1.29 is 14.3 Å². The molecule has 2 aromatic rings. The van der Waals surface area contributed by atoms with Crippen LogP contribution >= 0.6 is 11.3 Å². The van der Waals surface area contributed by atoms with Crippen molar-refractivity contribution in [3.8, 4) is 0 Å². The summed E-state index contributed by atoms with van der Waals surface area (Å²) in [6.07, 6.45) is 0. The number of esters is 1. The summed E-state index contributed by atoms with van der Waals surface area (Å²) in [6.45, 7) is 1.41. The van der Waals surface area contributed by atoms with E-state index in [1.54, 1.807) is 0 Å². The van der Waals surface area contributed by atoms with E-state index in [1.807, 2.05) is 24.3 Å². The first kappa shape index (κ1) is 11.6. The molecule has 0 aliphatic carbocycles. The highest BCUT2D eigenvalue weighted by molar-refractivity contribution is 7.23. The summed E-state index contributed by atoms with van der Waals surface area (Å²) in [4.78, 5) is 22.8. The second-order valence-corrected chi connectivity index (χ2v) is 4.53. The molecule has 0 bridgehead atoms. The summed E-state index contributed by atoms with van der Waals surface area (Å²) in [5.41, 5.74) is 0.420. The quantitative estimate of drug-likeness (QED) is 0.832. The Hall–Kier alpha value is -1.88. The van der Waals surface area contributed by atoms with Gasteiger partial charge in [0.25, 0.3) is 0 Å². The molecule has 5 heteroatoms.